The van der Waals surface area contributed by atoms with Gasteiger partial charge in [0.2, 0.25) is 0 Å². The minimum atomic E-state index is -2.60. The van der Waals surface area contributed by atoms with Crippen LogP contribution in [-0.4, -0.2) is 61.3 Å². The number of aryl methyl sites for hydroxylation is 1. The van der Waals surface area contributed by atoms with Crippen LogP contribution in [0.3, 0.4) is 0 Å². The van der Waals surface area contributed by atoms with E-state index in [9.17, 15) is 14.0 Å². The number of carbonyl (C=O) groups is 1. The molecule has 0 spiro atoms. The Kier molecular flexibility index (Phi) is 6.35. The van der Waals surface area contributed by atoms with Gasteiger partial charge in [0, 0.05) is 35.5 Å². The zero-order valence-corrected chi connectivity index (χ0v) is 23.3. The average molecular weight is 548 g/mol. The molecule has 11 heteroatoms. The van der Waals surface area contributed by atoms with Crippen LogP contribution in [0.5, 0.6) is 0 Å². The van der Waals surface area contributed by atoms with Crippen LogP contribution in [0.4, 0.5) is 15.0 Å². The number of amides is 1. The second kappa shape index (κ2) is 10.1. The number of carbonyl (C=O) groups excluding carboxylic acids is 1. The fourth-order valence-electron chi connectivity index (χ4n) is 4.83. The molecule has 1 aliphatic rings. The minimum absolute atomic E-state index is 0.0163. The third-order valence-electron chi connectivity index (χ3n) is 6.30. The van der Waals surface area contributed by atoms with E-state index < -0.39 is 35.2 Å². The second-order valence-corrected chi connectivity index (χ2v) is 11.3. The molecule has 0 radical (unpaired) electrons. The molecule has 1 fully saturated rings. The maximum Gasteiger partial charge on any atom is 0.410 e. The lowest BCUT2D eigenvalue weighted by Crippen LogP contribution is -2.59. The molecule has 204 valence electrons. The molecule has 1 aliphatic heterocycles. The molecular formula is C27H34ClFN6O3. The van der Waals surface area contributed by atoms with Crippen molar-refractivity contribution in [1.29, 1.82) is 0 Å². The number of fused-ring (bicyclic) bond motifs is 1. The molecule has 4 rings (SSSR count). The van der Waals surface area contributed by atoms with Crippen LogP contribution in [0.1, 0.15) is 69.8 Å². The summed E-state index contributed by atoms with van der Waals surface area (Å²) in [5, 5.41) is -0.324. The van der Waals surface area contributed by atoms with Gasteiger partial charge in [-0.25, -0.2) is 23.5 Å². The Morgan fingerprint density at radius 3 is 2.47 bits per heavy atom. The normalized spacial score (nSPS) is 19.9. The molecule has 1 amide bonds. The van der Waals surface area contributed by atoms with Gasteiger partial charge < -0.3 is 14.5 Å². The van der Waals surface area contributed by atoms with Crippen molar-refractivity contribution in [2.75, 3.05) is 18.0 Å². The summed E-state index contributed by atoms with van der Waals surface area (Å²) in [7, 11) is 0. The Labute approximate surface area is 230 Å². The van der Waals surface area contributed by atoms with E-state index in [1.54, 1.807) is 25.7 Å². The standard InChI is InChI=1S/C27H34ClFN6O3/c1-14(2)20-21(15(3)9-10-30-20)35-23-18(11-19(29)22(28)31-23)24(32-25(35)36)34-16(4)12-33(13-17(34)5)26(37)38-27(6,7)8/h9-11,14,16-17H,12-13H2,1-8H3/t16-,17-/m0/s1/i3D3. The van der Waals surface area contributed by atoms with Gasteiger partial charge in [0.25, 0.3) is 0 Å². The maximum atomic E-state index is 14.9. The summed E-state index contributed by atoms with van der Waals surface area (Å²) < 4.78 is 45.9. The smallest absolute Gasteiger partial charge is 0.410 e. The predicted molar refractivity (Wildman–Crippen MR) is 146 cm³/mol. The van der Waals surface area contributed by atoms with Gasteiger partial charge >= 0.3 is 11.8 Å². The molecule has 4 heterocycles. The molecule has 0 aromatic carbocycles. The Morgan fingerprint density at radius 1 is 1.24 bits per heavy atom. The number of anilines is 1. The third kappa shape index (κ3) is 5.18. The monoisotopic (exact) mass is 547 g/mol. The van der Waals surface area contributed by atoms with E-state index in [1.165, 1.54) is 12.3 Å². The number of hydrogen-bond donors (Lipinski definition) is 0. The summed E-state index contributed by atoms with van der Waals surface area (Å²) in [6, 6.07) is 1.77. The largest absolute Gasteiger partial charge is 0.444 e. The summed E-state index contributed by atoms with van der Waals surface area (Å²) in [5.74, 6) is -0.948. The van der Waals surface area contributed by atoms with Gasteiger partial charge in [0.05, 0.1) is 16.8 Å². The number of nitrogens with zero attached hydrogens (tertiary/aromatic N) is 6. The van der Waals surface area contributed by atoms with Crippen molar-refractivity contribution in [1.82, 2.24) is 24.4 Å². The van der Waals surface area contributed by atoms with Crippen molar-refractivity contribution in [2.24, 2.45) is 0 Å². The average Bonchev–Trinajstić information content (AvgIpc) is 2.83. The SMILES string of the molecule is [2H]C([2H])([2H])c1ccnc(C(C)C)c1-n1c(=O)nc(N2[C@@H](C)CN(C(=O)OC(C)(C)C)C[C@@H]2C)c2cc(F)c(Cl)nc21. The van der Waals surface area contributed by atoms with E-state index in [4.69, 9.17) is 20.5 Å². The van der Waals surface area contributed by atoms with Crippen molar-refractivity contribution < 1.29 is 18.0 Å². The Hall–Kier alpha value is -3.27. The zero-order chi connectivity index (χ0) is 30.6. The zero-order valence-electron chi connectivity index (χ0n) is 25.5. The molecule has 3 aromatic rings. The van der Waals surface area contributed by atoms with Crippen LogP contribution in [0.15, 0.2) is 23.1 Å². The van der Waals surface area contributed by atoms with Gasteiger partial charge in [-0.3, -0.25) is 4.98 Å². The summed E-state index contributed by atoms with van der Waals surface area (Å²) in [5.41, 5.74) is -1.31. The first-order valence-corrected chi connectivity index (χ1v) is 12.8. The van der Waals surface area contributed by atoms with Crippen LogP contribution < -0.4 is 10.6 Å². The van der Waals surface area contributed by atoms with Crippen LogP contribution in [0.2, 0.25) is 5.15 Å². The molecule has 3 aromatic heterocycles. The third-order valence-corrected chi connectivity index (χ3v) is 6.56. The Balaban J connectivity index is 1.95. The fourth-order valence-corrected chi connectivity index (χ4v) is 4.96. The number of piperazine rings is 1. The maximum absolute atomic E-state index is 14.9. The number of pyridine rings is 2. The lowest BCUT2D eigenvalue weighted by atomic mass is 10.0. The molecule has 2 atom stereocenters. The Bertz CT molecular complexity index is 1540. The summed E-state index contributed by atoms with van der Waals surface area (Å²) in [6.07, 6.45) is 0.918. The molecule has 0 saturated carbocycles. The van der Waals surface area contributed by atoms with Gasteiger partial charge in [0.15, 0.2) is 16.6 Å². The van der Waals surface area contributed by atoms with E-state index in [1.807, 2.05) is 32.6 Å². The highest BCUT2D eigenvalue weighted by Gasteiger charge is 2.36. The van der Waals surface area contributed by atoms with Crippen molar-refractivity contribution in [3.05, 3.63) is 51.0 Å². The van der Waals surface area contributed by atoms with Crippen LogP contribution >= 0.6 is 11.6 Å². The molecule has 0 N–H and O–H groups in total. The number of aromatic nitrogens is 4. The van der Waals surface area contributed by atoms with E-state index in [0.717, 1.165) is 10.6 Å². The molecule has 9 nitrogen and oxygen atoms in total. The van der Waals surface area contributed by atoms with Gasteiger partial charge in [-0.05, 0) is 65.1 Å². The fraction of sp³-hybridized carbons (Fsp3) is 0.519. The first-order chi connectivity index (χ1) is 18.9. The summed E-state index contributed by atoms with van der Waals surface area (Å²) in [4.78, 5) is 43.0. The van der Waals surface area contributed by atoms with Crippen LogP contribution in [-0.2, 0) is 4.74 Å². The van der Waals surface area contributed by atoms with E-state index in [0.29, 0.717) is 5.69 Å². The van der Waals surface area contributed by atoms with Gasteiger partial charge in [-0.15, -0.1) is 0 Å². The van der Waals surface area contributed by atoms with Crippen molar-refractivity contribution in [3.8, 4) is 5.69 Å². The number of halogens is 2. The van der Waals surface area contributed by atoms with Crippen LogP contribution in [0, 0.1) is 12.7 Å². The number of hydrogen-bond acceptors (Lipinski definition) is 7. The lowest BCUT2D eigenvalue weighted by molar-refractivity contribution is 0.0192. The molecule has 0 aliphatic carbocycles. The van der Waals surface area contributed by atoms with E-state index in [2.05, 4.69) is 15.0 Å². The highest BCUT2D eigenvalue weighted by molar-refractivity contribution is 6.30. The van der Waals surface area contributed by atoms with Crippen molar-refractivity contribution >= 4 is 34.5 Å². The number of rotatable bonds is 3. The van der Waals surface area contributed by atoms with Crippen molar-refractivity contribution in [3.63, 3.8) is 0 Å². The van der Waals surface area contributed by atoms with Gasteiger partial charge in [-0.1, -0.05) is 25.4 Å². The highest BCUT2D eigenvalue weighted by Crippen LogP contribution is 2.33. The molecule has 38 heavy (non-hydrogen) atoms. The first-order valence-electron chi connectivity index (χ1n) is 14.0. The second-order valence-electron chi connectivity index (χ2n) is 10.9. The van der Waals surface area contributed by atoms with E-state index in [-0.39, 0.29) is 59.2 Å². The highest BCUT2D eigenvalue weighted by atomic mass is 35.5. The molecular weight excluding hydrogens is 511 g/mol. The van der Waals surface area contributed by atoms with Crippen LogP contribution in [0.25, 0.3) is 16.7 Å². The summed E-state index contributed by atoms with van der Waals surface area (Å²) >= 11 is 6.11. The van der Waals surface area contributed by atoms with Crippen molar-refractivity contribution in [2.45, 2.75) is 78.9 Å². The molecule has 0 unspecified atom stereocenters. The lowest BCUT2D eigenvalue weighted by Gasteiger charge is -2.45. The summed E-state index contributed by atoms with van der Waals surface area (Å²) in [6.45, 7) is 10.6. The molecule has 1 saturated heterocycles. The quantitative estimate of drug-likeness (QED) is 0.414. The topological polar surface area (TPSA) is 93.5 Å². The van der Waals surface area contributed by atoms with Gasteiger partial charge in [-0.2, -0.15) is 4.98 Å². The first kappa shape index (κ1) is 23.8. The Morgan fingerprint density at radius 2 is 1.89 bits per heavy atom. The number of ether oxygens (including phenoxy) is 1. The predicted octanol–water partition coefficient (Wildman–Crippen LogP) is 5.23. The van der Waals surface area contributed by atoms with Gasteiger partial charge in [0.1, 0.15) is 11.4 Å². The minimum Gasteiger partial charge on any atom is -0.444 e. The molecule has 0 bridgehead atoms. The van der Waals surface area contributed by atoms with E-state index >= 15 is 0 Å².